The van der Waals surface area contributed by atoms with Crippen LogP contribution in [0.25, 0.3) is 10.9 Å². The Morgan fingerprint density at radius 1 is 1.32 bits per heavy atom. The van der Waals surface area contributed by atoms with Crippen molar-refractivity contribution >= 4 is 28.5 Å². The van der Waals surface area contributed by atoms with Crippen molar-refractivity contribution in [1.29, 1.82) is 0 Å². The minimum Gasteiger partial charge on any atom is -0.492 e. The number of hydrogen-bond acceptors (Lipinski definition) is 6. The Labute approximate surface area is 147 Å². The highest BCUT2D eigenvalue weighted by Gasteiger charge is 2.27. The van der Waals surface area contributed by atoms with Crippen LogP contribution in [0.2, 0.25) is 0 Å². The molecule has 0 radical (unpaired) electrons. The minimum absolute atomic E-state index is 0.220. The van der Waals surface area contributed by atoms with E-state index in [0.29, 0.717) is 24.5 Å². The van der Waals surface area contributed by atoms with E-state index in [1.165, 1.54) is 0 Å². The summed E-state index contributed by atoms with van der Waals surface area (Å²) in [4.78, 5) is 32.9. The highest BCUT2D eigenvalue weighted by Crippen LogP contribution is 2.31. The van der Waals surface area contributed by atoms with Crippen LogP contribution in [0.4, 0.5) is 5.69 Å². The van der Waals surface area contributed by atoms with Crippen LogP contribution < -0.4 is 10.5 Å². The van der Waals surface area contributed by atoms with E-state index in [0.717, 1.165) is 23.0 Å². The van der Waals surface area contributed by atoms with Gasteiger partial charge in [-0.15, -0.1) is 0 Å². The molecule has 6 heteroatoms. The van der Waals surface area contributed by atoms with E-state index in [2.05, 4.69) is 4.98 Å². The molecule has 134 valence electrons. The summed E-state index contributed by atoms with van der Waals surface area (Å²) in [5, 5.41) is 0.812. The lowest BCUT2D eigenvalue weighted by Gasteiger charge is -2.23. The molecule has 0 unspecified atom stereocenters. The fourth-order valence-electron chi connectivity index (χ4n) is 2.45. The predicted octanol–water partition coefficient (Wildman–Crippen LogP) is 3.32. The molecule has 25 heavy (non-hydrogen) atoms. The lowest BCUT2D eigenvalue weighted by Crippen LogP contribution is -2.31. The lowest BCUT2D eigenvalue weighted by molar-refractivity contribution is -0.191. The smallest absolute Gasteiger partial charge is 0.373 e. The lowest BCUT2D eigenvalue weighted by atomic mass is 9.87. The van der Waals surface area contributed by atoms with Crippen molar-refractivity contribution in [2.24, 2.45) is 5.41 Å². The first-order valence-corrected chi connectivity index (χ1v) is 8.08. The van der Waals surface area contributed by atoms with Crippen molar-refractivity contribution in [3.8, 4) is 5.75 Å². The Morgan fingerprint density at radius 2 is 1.96 bits per heavy atom. The molecule has 0 spiro atoms. The summed E-state index contributed by atoms with van der Waals surface area (Å²) in [6.07, 6.45) is 1.68. The fraction of sp³-hybridized carbons (Fsp3) is 0.421. The van der Waals surface area contributed by atoms with Crippen molar-refractivity contribution in [1.82, 2.24) is 4.98 Å². The van der Waals surface area contributed by atoms with Crippen LogP contribution in [0.15, 0.2) is 24.3 Å². The van der Waals surface area contributed by atoms with E-state index in [4.69, 9.17) is 20.1 Å². The van der Waals surface area contributed by atoms with Gasteiger partial charge >= 0.3 is 6.15 Å². The van der Waals surface area contributed by atoms with Gasteiger partial charge in [0.2, 0.25) is 0 Å². The number of aryl methyl sites for hydroxylation is 1. The molecular weight excluding hydrogens is 320 g/mol. The first-order chi connectivity index (χ1) is 11.8. The number of nitrogens with two attached hydrogens (primary N) is 1. The molecule has 0 amide bonds. The number of nitrogen functional groups attached to an aromatic ring is 1. The quantitative estimate of drug-likeness (QED) is 0.863. The number of ketones is 1. The number of carbonyl (C=O) groups excluding carboxylic acids is 3. The monoisotopic (exact) mass is 344 g/mol. The summed E-state index contributed by atoms with van der Waals surface area (Å²) < 4.78 is 5.93. The second kappa shape index (κ2) is 8.94. The molecule has 0 bridgehead atoms. The van der Waals surface area contributed by atoms with Crippen molar-refractivity contribution in [3.05, 3.63) is 30.0 Å². The normalized spacial score (nSPS) is 10.6. The van der Waals surface area contributed by atoms with Crippen molar-refractivity contribution in [2.75, 3.05) is 12.3 Å². The molecule has 1 aromatic heterocycles. The van der Waals surface area contributed by atoms with Gasteiger partial charge in [0, 0.05) is 17.8 Å². The standard InChI is InChI=1S/C18H24N2O2.CO2/c1-5-7-16(21)18(3,4)11-22-15-9-6-8-14-17(15)13(19)10-12(2)20-14;2-1-3/h6,8-10H,5,7,11H2,1-4H3,(H2,19,20);. The van der Waals surface area contributed by atoms with Crippen molar-refractivity contribution in [2.45, 2.75) is 40.5 Å². The van der Waals surface area contributed by atoms with Gasteiger partial charge in [-0.2, -0.15) is 9.59 Å². The van der Waals surface area contributed by atoms with Gasteiger partial charge in [0.25, 0.3) is 0 Å². The molecule has 1 aromatic carbocycles. The van der Waals surface area contributed by atoms with Gasteiger partial charge in [0.1, 0.15) is 18.1 Å². The zero-order valence-electron chi connectivity index (χ0n) is 15.1. The van der Waals surface area contributed by atoms with E-state index in [-0.39, 0.29) is 11.9 Å². The highest BCUT2D eigenvalue weighted by atomic mass is 16.5. The SMILES string of the molecule is CCCC(=O)C(C)(C)COc1cccc2nc(C)cc(N)c12.O=C=O. The molecule has 2 N–H and O–H groups in total. The summed E-state index contributed by atoms with van der Waals surface area (Å²) in [5.41, 5.74) is 7.95. The van der Waals surface area contributed by atoms with Gasteiger partial charge in [-0.1, -0.05) is 13.0 Å². The third-order valence-electron chi connectivity index (χ3n) is 3.77. The van der Waals surface area contributed by atoms with Crippen LogP contribution in [0.3, 0.4) is 0 Å². The molecular formula is C19H24N2O4. The second-order valence-electron chi connectivity index (χ2n) is 6.43. The maximum Gasteiger partial charge on any atom is 0.373 e. The van der Waals surface area contributed by atoms with Gasteiger partial charge in [-0.3, -0.25) is 9.78 Å². The molecule has 0 atom stereocenters. The molecule has 6 nitrogen and oxygen atoms in total. The summed E-state index contributed by atoms with van der Waals surface area (Å²) >= 11 is 0. The molecule has 0 saturated carbocycles. The predicted molar refractivity (Wildman–Crippen MR) is 95.1 cm³/mol. The number of fused-ring (bicyclic) bond motifs is 1. The number of benzene rings is 1. The van der Waals surface area contributed by atoms with E-state index in [9.17, 15) is 4.79 Å². The number of anilines is 1. The van der Waals surface area contributed by atoms with Crippen LogP contribution in [-0.2, 0) is 14.4 Å². The van der Waals surface area contributed by atoms with Crippen molar-refractivity contribution in [3.63, 3.8) is 0 Å². The number of aromatic nitrogens is 1. The molecule has 0 aliphatic rings. The molecule has 0 saturated heterocycles. The number of rotatable bonds is 6. The molecule has 0 fully saturated rings. The zero-order chi connectivity index (χ0) is 19.0. The number of Topliss-reactive ketones (excluding diaryl/α,β-unsaturated/α-hetero) is 1. The second-order valence-corrected chi connectivity index (χ2v) is 6.43. The van der Waals surface area contributed by atoms with Crippen LogP contribution >= 0.6 is 0 Å². The third kappa shape index (κ3) is 5.40. The van der Waals surface area contributed by atoms with Crippen LogP contribution in [-0.4, -0.2) is 23.5 Å². The topological polar surface area (TPSA) is 99.3 Å². The maximum absolute atomic E-state index is 12.1. The number of pyridine rings is 1. The largest absolute Gasteiger partial charge is 0.492 e. The van der Waals surface area contributed by atoms with Gasteiger partial charge in [0.05, 0.1) is 16.3 Å². The number of carbonyl (C=O) groups is 1. The Balaban J connectivity index is 0.000000970. The summed E-state index contributed by atoms with van der Waals surface area (Å²) in [5.74, 6) is 0.900. The summed E-state index contributed by atoms with van der Waals surface area (Å²) in [7, 11) is 0. The first kappa shape index (κ1) is 20.3. The summed E-state index contributed by atoms with van der Waals surface area (Å²) in [6, 6.07) is 7.52. The van der Waals surface area contributed by atoms with Crippen LogP contribution in [0.1, 0.15) is 39.3 Å². The molecule has 2 aromatic rings. The van der Waals surface area contributed by atoms with Crippen LogP contribution in [0, 0.1) is 12.3 Å². The van der Waals surface area contributed by atoms with Crippen LogP contribution in [0.5, 0.6) is 5.75 Å². The third-order valence-corrected chi connectivity index (χ3v) is 3.77. The highest BCUT2D eigenvalue weighted by molar-refractivity contribution is 5.95. The molecule has 0 aliphatic carbocycles. The van der Waals surface area contributed by atoms with E-state index >= 15 is 0 Å². The Hall–Kier alpha value is -2.72. The van der Waals surface area contributed by atoms with Gasteiger partial charge in [-0.05, 0) is 45.4 Å². The number of nitrogens with zero attached hydrogens (tertiary/aromatic N) is 1. The molecule has 2 rings (SSSR count). The minimum atomic E-state index is -0.509. The Kier molecular flexibility index (Phi) is 7.27. The fourth-order valence-corrected chi connectivity index (χ4v) is 2.45. The first-order valence-electron chi connectivity index (χ1n) is 8.08. The molecule has 0 aliphatic heterocycles. The van der Waals surface area contributed by atoms with E-state index < -0.39 is 5.41 Å². The van der Waals surface area contributed by atoms with Gasteiger partial charge < -0.3 is 10.5 Å². The van der Waals surface area contributed by atoms with E-state index in [1.54, 1.807) is 0 Å². The average molecular weight is 344 g/mol. The molecule has 1 heterocycles. The number of hydrogen-bond donors (Lipinski definition) is 1. The van der Waals surface area contributed by atoms with Crippen molar-refractivity contribution < 1.29 is 19.1 Å². The van der Waals surface area contributed by atoms with Gasteiger partial charge in [-0.25, -0.2) is 0 Å². The Morgan fingerprint density at radius 3 is 2.56 bits per heavy atom. The Bertz CT molecular complexity index is 778. The summed E-state index contributed by atoms with van der Waals surface area (Å²) in [6.45, 7) is 8.09. The zero-order valence-corrected chi connectivity index (χ0v) is 15.1. The maximum atomic E-state index is 12.1. The van der Waals surface area contributed by atoms with E-state index in [1.807, 2.05) is 52.0 Å². The van der Waals surface area contributed by atoms with Gasteiger partial charge in [0.15, 0.2) is 0 Å². The average Bonchev–Trinajstić information content (AvgIpc) is 2.53. The number of ether oxygens (including phenoxy) is 1.